The smallest absolute Gasteiger partial charge is 0.271 e. The first kappa shape index (κ1) is 20.1. The van der Waals surface area contributed by atoms with E-state index in [1.807, 2.05) is 60.7 Å². The molecule has 0 fully saturated rings. The lowest BCUT2D eigenvalue weighted by molar-refractivity contribution is 0.404. The van der Waals surface area contributed by atoms with Crippen LogP contribution in [-0.2, 0) is 19.4 Å². The Morgan fingerprint density at radius 3 is 2.41 bits per heavy atom. The third-order valence-electron chi connectivity index (χ3n) is 5.00. The third-order valence-corrected chi connectivity index (χ3v) is 5.00. The molecule has 0 aliphatic heterocycles. The summed E-state index contributed by atoms with van der Waals surface area (Å²) in [5.41, 5.74) is 3.35. The van der Waals surface area contributed by atoms with Crippen molar-refractivity contribution in [3.8, 4) is 11.9 Å². The van der Waals surface area contributed by atoms with E-state index in [-0.39, 0.29) is 18.0 Å². The Labute approximate surface area is 170 Å². The average Bonchev–Trinajstić information content (AvgIpc) is 2.75. The molecule has 0 aliphatic rings. The van der Waals surface area contributed by atoms with Crippen molar-refractivity contribution in [2.75, 3.05) is 0 Å². The maximum Gasteiger partial charge on any atom is 0.271 e. The first-order valence-corrected chi connectivity index (χ1v) is 9.58. The first-order chi connectivity index (χ1) is 14.0. The molecule has 1 N–H and O–H groups in total. The van der Waals surface area contributed by atoms with Gasteiger partial charge < -0.3 is 5.11 Å². The molecule has 1 aromatic heterocycles. The largest absolute Gasteiger partial charge is 0.494 e. The van der Waals surface area contributed by atoms with Gasteiger partial charge in [-0.1, -0.05) is 49.4 Å². The van der Waals surface area contributed by atoms with Crippen LogP contribution in [0.5, 0.6) is 5.88 Å². The van der Waals surface area contributed by atoms with Crippen molar-refractivity contribution in [1.29, 1.82) is 5.26 Å². The van der Waals surface area contributed by atoms with E-state index in [1.54, 1.807) is 6.92 Å². The third kappa shape index (κ3) is 4.44. The van der Waals surface area contributed by atoms with Gasteiger partial charge in [-0.3, -0.25) is 14.4 Å². The Morgan fingerprint density at radius 1 is 1.10 bits per heavy atom. The lowest BCUT2D eigenvalue weighted by Crippen LogP contribution is -2.26. The summed E-state index contributed by atoms with van der Waals surface area (Å²) in [7, 11) is 0. The van der Waals surface area contributed by atoms with Crippen molar-refractivity contribution < 1.29 is 5.11 Å². The van der Waals surface area contributed by atoms with Crippen LogP contribution in [0.2, 0.25) is 0 Å². The number of pyridine rings is 1. The van der Waals surface area contributed by atoms with Gasteiger partial charge in [0.05, 0.1) is 11.3 Å². The summed E-state index contributed by atoms with van der Waals surface area (Å²) in [4.78, 5) is 17.1. The number of aromatic nitrogens is 1. The molecule has 2 aromatic carbocycles. The van der Waals surface area contributed by atoms with Crippen LogP contribution in [-0.4, -0.2) is 15.9 Å². The van der Waals surface area contributed by atoms with Gasteiger partial charge in [0.15, 0.2) is 0 Å². The molecule has 1 heterocycles. The second-order valence-electron chi connectivity index (χ2n) is 6.82. The molecule has 0 atom stereocenters. The van der Waals surface area contributed by atoms with Gasteiger partial charge in [-0.2, -0.15) is 5.26 Å². The monoisotopic (exact) mass is 385 g/mol. The Balaban J connectivity index is 1.98. The topological polar surface area (TPSA) is 78.4 Å². The zero-order valence-electron chi connectivity index (χ0n) is 16.6. The van der Waals surface area contributed by atoms with Crippen LogP contribution < -0.4 is 5.56 Å². The Morgan fingerprint density at radius 2 is 1.79 bits per heavy atom. The van der Waals surface area contributed by atoms with Crippen molar-refractivity contribution in [2.45, 2.75) is 33.2 Å². The predicted octanol–water partition coefficient (Wildman–Crippen LogP) is 4.29. The molecule has 0 amide bonds. The number of nitriles is 1. The van der Waals surface area contributed by atoms with E-state index < -0.39 is 5.56 Å². The molecule has 29 heavy (non-hydrogen) atoms. The zero-order chi connectivity index (χ0) is 20.8. The van der Waals surface area contributed by atoms with Crippen LogP contribution in [0.4, 0.5) is 5.69 Å². The lowest BCUT2D eigenvalue weighted by Gasteiger charge is -2.14. The molecule has 5 nitrogen and oxygen atoms in total. The molecular weight excluding hydrogens is 362 g/mol. The van der Waals surface area contributed by atoms with Crippen molar-refractivity contribution >= 4 is 11.9 Å². The number of hydrogen-bond acceptors (Lipinski definition) is 4. The molecular formula is C24H23N3O2. The van der Waals surface area contributed by atoms with Crippen LogP contribution >= 0.6 is 0 Å². The van der Waals surface area contributed by atoms with Crippen molar-refractivity contribution in [1.82, 2.24) is 4.57 Å². The number of benzene rings is 2. The van der Waals surface area contributed by atoms with E-state index >= 15 is 0 Å². The SMILES string of the molecule is CCc1ccc(N=Cc2c(C)c(C#N)c(=O)n(CCc3ccccc3)c2O)cc1. The Bertz CT molecular complexity index is 1120. The van der Waals surface area contributed by atoms with E-state index in [1.165, 1.54) is 16.3 Å². The van der Waals surface area contributed by atoms with Gasteiger partial charge in [-0.15, -0.1) is 0 Å². The van der Waals surface area contributed by atoms with Gasteiger partial charge in [0.1, 0.15) is 11.6 Å². The molecule has 3 aromatic rings. The Kier molecular flexibility index (Phi) is 6.25. The average molecular weight is 385 g/mol. The maximum atomic E-state index is 12.7. The number of rotatable bonds is 6. The summed E-state index contributed by atoms with van der Waals surface area (Å²) in [6.45, 7) is 4.01. The van der Waals surface area contributed by atoms with Gasteiger partial charge in [-0.05, 0) is 48.6 Å². The van der Waals surface area contributed by atoms with Crippen molar-refractivity contribution in [3.63, 3.8) is 0 Å². The van der Waals surface area contributed by atoms with Crippen molar-refractivity contribution in [3.05, 3.63) is 92.8 Å². The Hall–Kier alpha value is -3.65. The van der Waals surface area contributed by atoms with Crippen LogP contribution in [0.1, 0.15) is 34.7 Å². The molecule has 0 saturated carbocycles. The number of nitrogens with zero attached hydrogens (tertiary/aromatic N) is 3. The van der Waals surface area contributed by atoms with Gasteiger partial charge in [0, 0.05) is 12.8 Å². The van der Waals surface area contributed by atoms with Crippen LogP contribution in [0.15, 0.2) is 64.4 Å². The van der Waals surface area contributed by atoms with Crippen molar-refractivity contribution in [2.24, 2.45) is 4.99 Å². The number of aryl methyl sites for hydroxylation is 2. The fraction of sp³-hybridized carbons (Fsp3) is 0.208. The number of hydrogen-bond donors (Lipinski definition) is 1. The minimum atomic E-state index is -0.483. The summed E-state index contributed by atoms with van der Waals surface area (Å²) < 4.78 is 1.25. The van der Waals surface area contributed by atoms with Crippen LogP contribution in [0.25, 0.3) is 0 Å². The van der Waals surface area contributed by atoms with Gasteiger partial charge in [0.2, 0.25) is 5.88 Å². The molecule has 0 aliphatic carbocycles. The van der Waals surface area contributed by atoms with Gasteiger partial charge in [-0.25, -0.2) is 0 Å². The highest BCUT2D eigenvalue weighted by Gasteiger charge is 2.17. The van der Waals surface area contributed by atoms with Gasteiger partial charge in [0.25, 0.3) is 5.56 Å². The lowest BCUT2D eigenvalue weighted by atomic mass is 10.1. The van der Waals surface area contributed by atoms with Gasteiger partial charge >= 0.3 is 0 Å². The fourth-order valence-corrected chi connectivity index (χ4v) is 3.18. The number of aromatic hydroxyl groups is 1. The molecule has 0 bridgehead atoms. The highest BCUT2D eigenvalue weighted by Crippen LogP contribution is 2.22. The van der Waals surface area contributed by atoms with E-state index in [2.05, 4.69) is 11.9 Å². The molecule has 0 saturated heterocycles. The second kappa shape index (κ2) is 9.03. The standard InChI is InChI=1S/C24H23N3O2/c1-3-18-9-11-20(12-10-18)26-16-22-17(2)21(15-25)23(28)27(24(22)29)14-13-19-7-5-4-6-8-19/h4-12,16,29H,3,13-14H2,1-2H3. The van der Waals surface area contributed by atoms with Crippen LogP contribution in [0, 0.1) is 18.3 Å². The highest BCUT2D eigenvalue weighted by molar-refractivity contribution is 5.87. The maximum absolute atomic E-state index is 12.7. The predicted molar refractivity (Wildman–Crippen MR) is 115 cm³/mol. The summed E-state index contributed by atoms with van der Waals surface area (Å²) in [6, 6.07) is 19.5. The molecule has 3 rings (SSSR count). The minimum Gasteiger partial charge on any atom is -0.494 e. The van der Waals surface area contributed by atoms with E-state index in [4.69, 9.17) is 0 Å². The fourth-order valence-electron chi connectivity index (χ4n) is 3.18. The number of aliphatic imine (C=N–C) groups is 1. The van der Waals surface area contributed by atoms with Crippen LogP contribution in [0.3, 0.4) is 0 Å². The molecule has 0 radical (unpaired) electrons. The summed E-state index contributed by atoms with van der Waals surface area (Å²) in [6.07, 6.45) is 3.03. The molecule has 5 heteroatoms. The molecule has 146 valence electrons. The summed E-state index contributed by atoms with van der Waals surface area (Å²) in [5, 5.41) is 20.2. The normalized spacial score (nSPS) is 10.9. The molecule has 0 unspecified atom stereocenters. The summed E-state index contributed by atoms with van der Waals surface area (Å²) >= 11 is 0. The second-order valence-corrected chi connectivity index (χ2v) is 6.82. The van der Waals surface area contributed by atoms with E-state index in [0.717, 1.165) is 17.7 Å². The highest BCUT2D eigenvalue weighted by atomic mass is 16.3. The first-order valence-electron chi connectivity index (χ1n) is 9.58. The molecule has 0 spiro atoms. The quantitative estimate of drug-likeness (QED) is 0.643. The van der Waals surface area contributed by atoms with E-state index in [9.17, 15) is 15.2 Å². The minimum absolute atomic E-state index is 0.0265. The summed E-state index contributed by atoms with van der Waals surface area (Å²) in [5.74, 6) is -0.170. The zero-order valence-corrected chi connectivity index (χ0v) is 16.6. The van der Waals surface area contributed by atoms with E-state index in [0.29, 0.717) is 17.5 Å².